The molecule has 0 fully saturated rings. The molecule has 142 valence electrons. The maximum atomic E-state index is 5.22. The third-order valence-corrected chi connectivity index (χ3v) is 4.83. The molecular weight excluding hydrogens is 370 g/mol. The van der Waals surface area contributed by atoms with E-state index in [1.165, 1.54) is 5.56 Å². The summed E-state index contributed by atoms with van der Waals surface area (Å²) >= 11 is 5.22. The largest absolute Gasteiger partial charge is 0.272 e. The highest BCUT2D eigenvalue weighted by atomic mass is 32.1. The molecule has 0 saturated carbocycles. The first-order valence-corrected chi connectivity index (χ1v) is 9.73. The van der Waals surface area contributed by atoms with E-state index in [2.05, 4.69) is 72.6 Å². The van der Waals surface area contributed by atoms with Gasteiger partial charge < -0.3 is 0 Å². The molecule has 0 amide bonds. The number of aromatic amines is 2. The van der Waals surface area contributed by atoms with Crippen LogP contribution in [0.5, 0.6) is 0 Å². The maximum absolute atomic E-state index is 5.22. The van der Waals surface area contributed by atoms with E-state index in [9.17, 15) is 0 Å². The van der Waals surface area contributed by atoms with Gasteiger partial charge in [-0.05, 0) is 40.5 Å². The molecule has 4 aromatic rings. The highest BCUT2D eigenvalue weighted by Crippen LogP contribution is 2.29. The zero-order chi connectivity index (χ0) is 19.3. The topological polar surface area (TPSA) is 88.1 Å². The van der Waals surface area contributed by atoms with Crippen LogP contribution in [-0.4, -0.2) is 35.4 Å². The molecule has 0 bridgehead atoms. The number of tetrazole rings is 1. The number of benzene rings is 2. The third-order valence-electron chi connectivity index (χ3n) is 4.65. The summed E-state index contributed by atoms with van der Waals surface area (Å²) in [7, 11) is 0. The number of H-pyrrole nitrogens is 2. The Hall–Kier alpha value is -3.13. The van der Waals surface area contributed by atoms with Gasteiger partial charge in [0.1, 0.15) is 5.82 Å². The number of rotatable bonds is 7. The second-order valence-electron chi connectivity index (χ2n) is 6.60. The summed E-state index contributed by atoms with van der Waals surface area (Å²) in [4.78, 5) is 4.48. The minimum absolute atomic E-state index is 0.539. The van der Waals surface area contributed by atoms with Crippen LogP contribution in [0.2, 0.25) is 0 Å². The number of hydrogen-bond acceptors (Lipinski definition) is 5. The van der Waals surface area contributed by atoms with E-state index in [1.54, 1.807) is 0 Å². The van der Waals surface area contributed by atoms with Crippen LogP contribution >= 0.6 is 12.2 Å². The molecule has 2 aromatic heterocycles. The lowest BCUT2D eigenvalue weighted by Gasteiger charge is -2.09. The molecule has 7 nitrogen and oxygen atoms in total. The van der Waals surface area contributed by atoms with E-state index in [1.807, 2.05) is 18.2 Å². The molecule has 0 unspecified atom stereocenters. The first kappa shape index (κ1) is 18.2. The van der Waals surface area contributed by atoms with Crippen molar-refractivity contribution < 1.29 is 0 Å². The molecule has 0 aliphatic rings. The normalized spacial score (nSPS) is 11.0. The molecule has 0 spiro atoms. The minimum Gasteiger partial charge on any atom is -0.272 e. The Kier molecular flexibility index (Phi) is 5.38. The summed E-state index contributed by atoms with van der Waals surface area (Å²) in [5, 5.41) is 17.6. The number of hydrogen-bond donors (Lipinski definition) is 2. The highest BCUT2D eigenvalue weighted by molar-refractivity contribution is 7.71. The van der Waals surface area contributed by atoms with Crippen molar-refractivity contribution in [1.29, 1.82) is 0 Å². The van der Waals surface area contributed by atoms with E-state index in [4.69, 9.17) is 12.2 Å². The van der Waals surface area contributed by atoms with Crippen molar-refractivity contribution in [1.82, 2.24) is 35.4 Å². The molecule has 0 aliphatic heterocycles. The van der Waals surface area contributed by atoms with Crippen molar-refractivity contribution in [2.24, 2.45) is 0 Å². The zero-order valence-corrected chi connectivity index (χ0v) is 16.4. The second-order valence-corrected chi connectivity index (χ2v) is 6.99. The number of unbranched alkanes of at least 4 members (excludes halogenated alkanes) is 1. The molecule has 2 N–H and O–H groups in total. The van der Waals surface area contributed by atoms with E-state index < -0.39 is 0 Å². The van der Waals surface area contributed by atoms with E-state index in [0.29, 0.717) is 10.6 Å². The molecule has 0 radical (unpaired) electrons. The van der Waals surface area contributed by atoms with Gasteiger partial charge in [-0.15, -0.1) is 10.2 Å². The highest BCUT2D eigenvalue weighted by Gasteiger charge is 2.11. The molecule has 8 heteroatoms. The first-order chi connectivity index (χ1) is 13.7. The first-order valence-electron chi connectivity index (χ1n) is 9.32. The minimum atomic E-state index is 0.539. The standard InChI is InChI=1S/C20H21N7S/c1-2-3-12-27-18(21-20(28)24-27)13-14-8-10-15(11-9-14)16-6-4-5-7-17(16)19-22-25-26-23-19/h4-11H,2-3,12-13H2,1H3,(H,24,28)(H,22,23,25,26). The second kappa shape index (κ2) is 8.26. The van der Waals surface area contributed by atoms with Crippen LogP contribution in [0.4, 0.5) is 0 Å². The van der Waals surface area contributed by atoms with Gasteiger partial charge in [0.15, 0.2) is 0 Å². The lowest BCUT2D eigenvalue weighted by molar-refractivity contribution is 0.549. The fourth-order valence-corrected chi connectivity index (χ4v) is 3.42. The summed E-state index contributed by atoms with van der Waals surface area (Å²) in [5.74, 6) is 1.56. The molecule has 28 heavy (non-hydrogen) atoms. The predicted molar refractivity (Wildman–Crippen MR) is 110 cm³/mol. The summed E-state index contributed by atoms with van der Waals surface area (Å²) in [6, 6.07) is 16.5. The fraction of sp³-hybridized carbons (Fsp3) is 0.250. The average molecular weight is 392 g/mol. The van der Waals surface area contributed by atoms with Crippen LogP contribution < -0.4 is 0 Å². The summed E-state index contributed by atoms with van der Waals surface area (Å²) in [6.45, 7) is 3.09. The van der Waals surface area contributed by atoms with E-state index in [-0.39, 0.29) is 0 Å². The molecule has 2 heterocycles. The Morgan fingerprint density at radius 1 is 1.04 bits per heavy atom. The number of nitrogens with one attached hydrogen (secondary N) is 2. The Morgan fingerprint density at radius 2 is 1.82 bits per heavy atom. The van der Waals surface area contributed by atoms with Crippen molar-refractivity contribution in [2.75, 3.05) is 0 Å². The van der Waals surface area contributed by atoms with Crippen molar-refractivity contribution in [2.45, 2.75) is 32.7 Å². The van der Waals surface area contributed by atoms with Crippen molar-refractivity contribution in [3.05, 3.63) is 64.7 Å². The average Bonchev–Trinajstić information content (AvgIpc) is 3.37. The lowest BCUT2D eigenvalue weighted by atomic mass is 9.98. The van der Waals surface area contributed by atoms with Gasteiger partial charge >= 0.3 is 0 Å². The maximum Gasteiger partial charge on any atom is 0.213 e. The predicted octanol–water partition coefficient (Wildman–Crippen LogP) is 4.18. The van der Waals surface area contributed by atoms with E-state index in [0.717, 1.165) is 48.3 Å². The van der Waals surface area contributed by atoms with Gasteiger partial charge in [0.05, 0.1) is 0 Å². The molecule has 0 aliphatic carbocycles. The third kappa shape index (κ3) is 3.91. The summed E-state index contributed by atoms with van der Waals surface area (Å²) < 4.78 is 2.60. The Labute approximate surface area is 167 Å². The molecule has 0 saturated heterocycles. The Bertz CT molecular complexity index is 1090. The molecular formula is C20H21N7S. The van der Waals surface area contributed by atoms with Crippen LogP contribution in [0.15, 0.2) is 48.5 Å². The van der Waals surface area contributed by atoms with Gasteiger partial charge in [-0.2, -0.15) is 5.21 Å². The van der Waals surface area contributed by atoms with Crippen LogP contribution in [0, 0.1) is 4.77 Å². The SMILES string of the molecule is CCCCn1[nH]c(=S)nc1Cc1ccc(-c2ccccc2-c2nn[nH]n2)cc1. The quantitative estimate of drug-likeness (QED) is 0.462. The monoisotopic (exact) mass is 391 g/mol. The zero-order valence-electron chi connectivity index (χ0n) is 15.6. The van der Waals surface area contributed by atoms with Gasteiger partial charge in [0.2, 0.25) is 10.6 Å². The number of nitrogens with zero attached hydrogens (tertiary/aromatic N) is 5. The van der Waals surface area contributed by atoms with Gasteiger partial charge in [0.25, 0.3) is 0 Å². The van der Waals surface area contributed by atoms with Gasteiger partial charge in [-0.1, -0.05) is 61.9 Å². The Balaban J connectivity index is 1.59. The fourth-order valence-electron chi connectivity index (χ4n) is 3.21. The van der Waals surface area contributed by atoms with Crippen LogP contribution in [-0.2, 0) is 13.0 Å². The van der Waals surface area contributed by atoms with E-state index >= 15 is 0 Å². The van der Waals surface area contributed by atoms with Gasteiger partial charge in [-0.3, -0.25) is 9.78 Å². The molecule has 0 atom stereocenters. The molecule has 2 aromatic carbocycles. The smallest absolute Gasteiger partial charge is 0.213 e. The lowest BCUT2D eigenvalue weighted by Crippen LogP contribution is -2.06. The van der Waals surface area contributed by atoms with Gasteiger partial charge in [0, 0.05) is 18.5 Å². The summed E-state index contributed by atoms with van der Waals surface area (Å²) in [5.41, 5.74) is 4.31. The van der Waals surface area contributed by atoms with Crippen LogP contribution in [0.3, 0.4) is 0 Å². The van der Waals surface area contributed by atoms with Crippen LogP contribution in [0.1, 0.15) is 31.2 Å². The van der Waals surface area contributed by atoms with Gasteiger partial charge in [-0.25, -0.2) is 4.98 Å². The summed E-state index contributed by atoms with van der Waals surface area (Å²) in [6.07, 6.45) is 2.97. The number of aromatic nitrogens is 7. The Morgan fingerprint density at radius 3 is 2.54 bits per heavy atom. The van der Waals surface area contributed by atoms with Crippen LogP contribution in [0.25, 0.3) is 22.5 Å². The van der Waals surface area contributed by atoms with Crippen molar-refractivity contribution in [3.8, 4) is 22.5 Å². The molecule has 4 rings (SSSR count). The number of aryl methyl sites for hydroxylation is 1. The van der Waals surface area contributed by atoms with Crippen molar-refractivity contribution in [3.63, 3.8) is 0 Å². The van der Waals surface area contributed by atoms with Crippen molar-refractivity contribution >= 4 is 12.2 Å².